The van der Waals surface area contributed by atoms with E-state index in [9.17, 15) is 4.79 Å². The number of hydrogen-bond acceptors (Lipinski definition) is 5. The van der Waals surface area contributed by atoms with Crippen LogP contribution in [0.5, 0.6) is 0 Å². The Morgan fingerprint density at radius 3 is 2.50 bits per heavy atom. The normalized spacial score (nSPS) is 12.1. The molecule has 1 atom stereocenters. The molecule has 0 fully saturated rings. The first-order chi connectivity index (χ1) is 12.6. The Morgan fingerprint density at radius 2 is 1.85 bits per heavy atom. The molecule has 7 heteroatoms. The molecule has 26 heavy (non-hydrogen) atoms. The molecule has 0 unspecified atom stereocenters. The first kappa shape index (κ1) is 18.6. The lowest BCUT2D eigenvalue weighted by molar-refractivity contribution is 0.102. The maximum atomic E-state index is 12.5. The predicted octanol–water partition coefficient (Wildman–Crippen LogP) is 4.80. The van der Waals surface area contributed by atoms with Crippen molar-refractivity contribution in [1.82, 2.24) is 20.2 Å². The van der Waals surface area contributed by atoms with Crippen molar-refractivity contribution in [3.05, 3.63) is 64.7 Å². The molecule has 0 N–H and O–H groups in total. The minimum absolute atomic E-state index is 0.0522. The average Bonchev–Trinajstić information content (AvgIpc) is 3.14. The summed E-state index contributed by atoms with van der Waals surface area (Å²) >= 11 is 7.23. The molecule has 0 bridgehead atoms. The monoisotopic (exact) mass is 386 g/mol. The van der Waals surface area contributed by atoms with Gasteiger partial charge in [0.15, 0.2) is 5.78 Å². The molecule has 5 nitrogen and oxygen atoms in total. The van der Waals surface area contributed by atoms with Crippen LogP contribution in [0.25, 0.3) is 5.69 Å². The molecule has 0 aliphatic carbocycles. The van der Waals surface area contributed by atoms with Gasteiger partial charge in [-0.15, -0.1) is 5.10 Å². The Labute approximate surface area is 161 Å². The van der Waals surface area contributed by atoms with E-state index in [1.165, 1.54) is 17.3 Å². The van der Waals surface area contributed by atoms with E-state index in [0.717, 1.165) is 12.1 Å². The zero-order valence-electron chi connectivity index (χ0n) is 14.6. The minimum Gasteiger partial charge on any atom is -0.293 e. The van der Waals surface area contributed by atoms with Gasteiger partial charge >= 0.3 is 0 Å². The van der Waals surface area contributed by atoms with Crippen LogP contribution in [0.4, 0.5) is 0 Å². The summed E-state index contributed by atoms with van der Waals surface area (Å²) in [6, 6.07) is 15.1. The molecular weight excluding hydrogens is 368 g/mol. The van der Waals surface area contributed by atoms with Gasteiger partial charge in [-0.25, -0.2) is 0 Å². The molecule has 2 aromatic carbocycles. The fourth-order valence-electron chi connectivity index (χ4n) is 2.46. The van der Waals surface area contributed by atoms with E-state index in [2.05, 4.69) is 29.4 Å². The van der Waals surface area contributed by atoms with E-state index in [1.807, 2.05) is 36.4 Å². The smallest absolute Gasteiger partial charge is 0.214 e. The van der Waals surface area contributed by atoms with E-state index >= 15 is 0 Å². The average molecular weight is 387 g/mol. The number of ketones is 1. The summed E-state index contributed by atoms with van der Waals surface area (Å²) in [5, 5.41) is 12.9. The Hall–Kier alpha value is -2.18. The van der Waals surface area contributed by atoms with Gasteiger partial charge in [-0.3, -0.25) is 4.79 Å². The van der Waals surface area contributed by atoms with Crippen molar-refractivity contribution in [3.63, 3.8) is 0 Å². The van der Waals surface area contributed by atoms with Gasteiger partial charge in [0.2, 0.25) is 5.16 Å². The van der Waals surface area contributed by atoms with Crippen molar-refractivity contribution in [1.29, 1.82) is 0 Å². The molecule has 0 spiro atoms. The molecule has 1 aromatic heterocycles. The van der Waals surface area contributed by atoms with Crippen LogP contribution in [-0.2, 0) is 0 Å². The molecule has 1 heterocycles. The zero-order valence-corrected chi connectivity index (χ0v) is 16.2. The first-order valence-electron chi connectivity index (χ1n) is 8.38. The van der Waals surface area contributed by atoms with Crippen LogP contribution in [0, 0.1) is 0 Å². The van der Waals surface area contributed by atoms with E-state index < -0.39 is 0 Å². The van der Waals surface area contributed by atoms with Gasteiger partial charge in [-0.05, 0) is 52.6 Å². The number of aromatic nitrogens is 4. The van der Waals surface area contributed by atoms with Crippen LogP contribution in [0.3, 0.4) is 0 Å². The molecule has 0 radical (unpaired) electrons. The number of tetrazole rings is 1. The number of thioether (sulfide) groups is 1. The van der Waals surface area contributed by atoms with Crippen molar-refractivity contribution in [2.75, 3.05) is 5.75 Å². The number of benzene rings is 2. The summed E-state index contributed by atoms with van der Waals surface area (Å²) in [6.07, 6.45) is 1.08. The maximum absolute atomic E-state index is 12.5. The van der Waals surface area contributed by atoms with Crippen LogP contribution < -0.4 is 0 Å². The second kappa shape index (κ2) is 8.47. The summed E-state index contributed by atoms with van der Waals surface area (Å²) in [6.45, 7) is 4.34. The highest BCUT2D eigenvalue weighted by Gasteiger charge is 2.13. The van der Waals surface area contributed by atoms with Gasteiger partial charge in [-0.1, -0.05) is 61.5 Å². The van der Waals surface area contributed by atoms with Gasteiger partial charge in [0.25, 0.3) is 0 Å². The van der Waals surface area contributed by atoms with E-state index in [-0.39, 0.29) is 11.5 Å². The molecular formula is C19H19ClN4OS. The summed E-state index contributed by atoms with van der Waals surface area (Å²) < 4.78 is 1.60. The Morgan fingerprint density at radius 1 is 1.15 bits per heavy atom. The highest BCUT2D eigenvalue weighted by Crippen LogP contribution is 2.22. The topological polar surface area (TPSA) is 60.7 Å². The molecule has 0 amide bonds. The van der Waals surface area contributed by atoms with Gasteiger partial charge in [0.05, 0.1) is 11.4 Å². The lowest BCUT2D eigenvalue weighted by Crippen LogP contribution is -2.05. The standard InChI is InChI=1S/C19H19ClN4OS/c1-3-13(2)14-4-6-15(7-5-14)18(25)12-26-19-21-22-23-24(19)17-10-8-16(20)9-11-17/h4-11,13H,3,12H2,1-2H3/t13-/m1/s1. The first-order valence-corrected chi connectivity index (χ1v) is 9.75. The summed E-state index contributed by atoms with van der Waals surface area (Å²) in [5.74, 6) is 0.824. The van der Waals surface area contributed by atoms with E-state index in [4.69, 9.17) is 11.6 Å². The second-order valence-corrected chi connectivity index (χ2v) is 7.37. The Bertz CT molecular complexity index is 877. The number of rotatable bonds is 7. The van der Waals surface area contributed by atoms with Crippen LogP contribution in [0.15, 0.2) is 53.7 Å². The number of carbonyl (C=O) groups is 1. The molecule has 0 saturated heterocycles. The van der Waals surface area contributed by atoms with Crippen molar-refractivity contribution in [2.45, 2.75) is 31.3 Å². The van der Waals surface area contributed by atoms with Crippen LogP contribution in [0.2, 0.25) is 5.02 Å². The Kier molecular flexibility index (Phi) is 6.06. The van der Waals surface area contributed by atoms with Crippen molar-refractivity contribution >= 4 is 29.1 Å². The van der Waals surface area contributed by atoms with Crippen molar-refractivity contribution in [3.8, 4) is 5.69 Å². The SMILES string of the molecule is CC[C@@H](C)c1ccc(C(=O)CSc2nnnn2-c2ccc(Cl)cc2)cc1. The maximum Gasteiger partial charge on any atom is 0.214 e. The lowest BCUT2D eigenvalue weighted by atomic mass is 9.97. The van der Waals surface area contributed by atoms with Crippen LogP contribution in [-0.4, -0.2) is 31.7 Å². The molecule has 3 aromatic rings. The zero-order chi connectivity index (χ0) is 18.5. The number of halogens is 1. The van der Waals surface area contributed by atoms with Crippen molar-refractivity contribution < 1.29 is 4.79 Å². The Balaban J connectivity index is 1.67. The van der Waals surface area contributed by atoms with Gasteiger partial charge in [-0.2, -0.15) is 4.68 Å². The quantitative estimate of drug-likeness (QED) is 0.431. The summed E-state index contributed by atoms with van der Waals surface area (Å²) in [5.41, 5.74) is 2.76. The molecule has 134 valence electrons. The van der Waals surface area contributed by atoms with Crippen LogP contribution in [0.1, 0.15) is 42.1 Å². The number of hydrogen-bond donors (Lipinski definition) is 0. The largest absolute Gasteiger partial charge is 0.293 e. The number of Topliss-reactive ketones (excluding diaryl/α,β-unsaturated/α-hetero) is 1. The fraction of sp³-hybridized carbons (Fsp3) is 0.263. The fourth-order valence-corrected chi connectivity index (χ4v) is 3.37. The molecule has 3 rings (SSSR count). The van der Waals surface area contributed by atoms with Gasteiger partial charge in [0.1, 0.15) is 0 Å². The van der Waals surface area contributed by atoms with E-state index in [1.54, 1.807) is 16.8 Å². The minimum atomic E-state index is 0.0522. The second-order valence-electron chi connectivity index (χ2n) is 5.99. The molecule has 0 saturated carbocycles. The number of nitrogens with zero attached hydrogens (tertiary/aromatic N) is 4. The summed E-state index contributed by atoms with van der Waals surface area (Å²) in [4.78, 5) is 12.5. The number of carbonyl (C=O) groups excluding carboxylic acids is 1. The third kappa shape index (κ3) is 4.31. The van der Waals surface area contributed by atoms with Crippen LogP contribution >= 0.6 is 23.4 Å². The lowest BCUT2D eigenvalue weighted by Gasteiger charge is -2.09. The third-order valence-corrected chi connectivity index (χ3v) is 5.43. The van der Waals surface area contributed by atoms with Gasteiger partial charge in [0, 0.05) is 10.6 Å². The highest BCUT2D eigenvalue weighted by molar-refractivity contribution is 7.99. The predicted molar refractivity (Wildman–Crippen MR) is 104 cm³/mol. The summed E-state index contributed by atoms with van der Waals surface area (Å²) in [7, 11) is 0. The third-order valence-electron chi connectivity index (χ3n) is 4.26. The molecule has 0 aliphatic heterocycles. The highest BCUT2D eigenvalue weighted by atomic mass is 35.5. The van der Waals surface area contributed by atoms with Gasteiger partial charge < -0.3 is 0 Å². The van der Waals surface area contributed by atoms with E-state index in [0.29, 0.717) is 21.7 Å². The molecule has 0 aliphatic rings. The van der Waals surface area contributed by atoms with Crippen molar-refractivity contribution in [2.24, 2.45) is 0 Å².